The van der Waals surface area contributed by atoms with E-state index in [1.807, 2.05) is 11.0 Å². The minimum atomic E-state index is -0.333. The lowest BCUT2D eigenvalue weighted by atomic mass is 10.1. The number of fused-ring (bicyclic) bond motifs is 6. The fourth-order valence-corrected chi connectivity index (χ4v) is 4.92. The van der Waals surface area contributed by atoms with Crippen LogP contribution >= 0.6 is 0 Å². The Balaban J connectivity index is 1.54. The van der Waals surface area contributed by atoms with Crippen LogP contribution in [0.15, 0.2) is 35.3 Å². The van der Waals surface area contributed by atoms with E-state index in [1.165, 1.54) is 10.8 Å². The van der Waals surface area contributed by atoms with Gasteiger partial charge in [-0.1, -0.05) is 24.3 Å². The normalized spacial score (nSPS) is 22.1. The number of hydrogen-bond acceptors (Lipinski definition) is 5. The lowest BCUT2D eigenvalue weighted by Crippen LogP contribution is -2.38. The van der Waals surface area contributed by atoms with Gasteiger partial charge in [0.15, 0.2) is 0 Å². The molecule has 1 aliphatic carbocycles. The summed E-state index contributed by atoms with van der Waals surface area (Å²) >= 11 is 0. The van der Waals surface area contributed by atoms with Crippen LogP contribution in [0.25, 0.3) is 16.5 Å². The number of benzene rings is 1. The van der Waals surface area contributed by atoms with Crippen LogP contribution in [-0.4, -0.2) is 36.6 Å². The predicted octanol–water partition coefficient (Wildman–Crippen LogP) is 2.00. The molecule has 1 saturated heterocycles. The third-order valence-corrected chi connectivity index (χ3v) is 6.39. The van der Waals surface area contributed by atoms with Gasteiger partial charge in [0.25, 0.3) is 0 Å². The molecule has 2 bridgehead atoms. The van der Waals surface area contributed by atoms with Gasteiger partial charge in [0, 0.05) is 23.2 Å². The summed E-state index contributed by atoms with van der Waals surface area (Å²) in [5.41, 5.74) is 0.877. The molecule has 8 heteroatoms. The van der Waals surface area contributed by atoms with Gasteiger partial charge in [0.05, 0.1) is 24.0 Å². The summed E-state index contributed by atoms with van der Waals surface area (Å²) in [6.45, 7) is 0.517. The lowest BCUT2D eigenvalue weighted by Gasteiger charge is -2.27. The van der Waals surface area contributed by atoms with E-state index in [4.69, 9.17) is 0 Å². The third-order valence-electron chi connectivity index (χ3n) is 6.39. The van der Waals surface area contributed by atoms with Crippen LogP contribution in [0, 0.1) is 17.2 Å². The molecule has 8 nitrogen and oxygen atoms in total. The first kappa shape index (κ1) is 16.4. The zero-order valence-corrected chi connectivity index (χ0v) is 15.4. The molecule has 0 spiro atoms. The van der Waals surface area contributed by atoms with Crippen LogP contribution in [0.5, 0.6) is 5.88 Å². The quantitative estimate of drug-likeness (QED) is 0.724. The Morgan fingerprint density at radius 1 is 1.24 bits per heavy atom. The Kier molecular flexibility index (Phi) is 3.09. The fourth-order valence-electron chi connectivity index (χ4n) is 4.92. The molecule has 144 valence electrons. The molecule has 2 atom stereocenters. The standard InChI is InChI=1S/C21H17N5O3/c22-8-15-13-3-1-2-4-14(13)17(9-23-15)26-20(28)18-16-7-12(25(18)21(26)29)10-24(16)19(27)11-5-6-11/h1-4,9,11-12,16,28H,5-7,10H2/t12-,16-/m0/s1. The van der Waals surface area contributed by atoms with Gasteiger partial charge >= 0.3 is 5.69 Å². The van der Waals surface area contributed by atoms with Gasteiger partial charge in [-0.3, -0.25) is 9.36 Å². The number of aromatic nitrogens is 3. The molecular formula is C21H17N5O3. The Morgan fingerprint density at radius 3 is 2.72 bits per heavy atom. The average Bonchev–Trinajstić information content (AvgIpc) is 3.33. The monoisotopic (exact) mass is 387 g/mol. The second-order valence-corrected chi connectivity index (χ2v) is 8.02. The summed E-state index contributed by atoms with van der Waals surface area (Å²) in [4.78, 5) is 31.9. The number of amides is 1. The van der Waals surface area contributed by atoms with E-state index in [-0.39, 0.29) is 41.2 Å². The van der Waals surface area contributed by atoms with Crippen LogP contribution in [0.2, 0.25) is 0 Å². The molecule has 2 aliphatic heterocycles. The highest BCUT2D eigenvalue weighted by Gasteiger charge is 2.51. The van der Waals surface area contributed by atoms with Crippen LogP contribution < -0.4 is 5.69 Å². The van der Waals surface area contributed by atoms with Crippen molar-refractivity contribution in [2.75, 3.05) is 6.54 Å². The topological polar surface area (TPSA) is 104 Å². The molecule has 0 radical (unpaired) electrons. The second kappa shape index (κ2) is 5.47. The second-order valence-electron chi connectivity index (χ2n) is 8.02. The van der Waals surface area contributed by atoms with Gasteiger partial charge in [0.2, 0.25) is 11.8 Å². The van der Waals surface area contributed by atoms with Crippen molar-refractivity contribution >= 4 is 16.7 Å². The molecule has 3 aromatic rings. The average molecular weight is 387 g/mol. The van der Waals surface area contributed by atoms with Gasteiger partial charge in [0.1, 0.15) is 17.5 Å². The van der Waals surface area contributed by atoms with E-state index in [1.54, 1.807) is 22.8 Å². The highest BCUT2D eigenvalue weighted by molar-refractivity contribution is 5.93. The number of carbonyl (C=O) groups excluding carboxylic acids is 1. The predicted molar refractivity (Wildman–Crippen MR) is 103 cm³/mol. The number of hydrogen-bond donors (Lipinski definition) is 1. The SMILES string of the molecule is N#Cc1ncc(-n2c(O)c3n(c2=O)[C@H]2C[C@@H]3N(C(=O)C3CC3)C2)c2ccccc12. The first-order valence-electron chi connectivity index (χ1n) is 9.75. The molecule has 6 rings (SSSR count). The molecule has 1 amide bonds. The van der Waals surface area contributed by atoms with E-state index in [2.05, 4.69) is 11.1 Å². The maximum absolute atomic E-state index is 13.3. The molecule has 3 aliphatic rings. The Labute approximate surface area is 165 Å². The van der Waals surface area contributed by atoms with Crippen molar-refractivity contribution in [3.63, 3.8) is 0 Å². The molecule has 1 saturated carbocycles. The van der Waals surface area contributed by atoms with Gasteiger partial charge in [-0.25, -0.2) is 14.3 Å². The minimum absolute atomic E-state index is 0.102. The zero-order valence-electron chi connectivity index (χ0n) is 15.4. The summed E-state index contributed by atoms with van der Waals surface area (Å²) in [5.74, 6) is 0.0896. The molecule has 4 heterocycles. The lowest BCUT2D eigenvalue weighted by molar-refractivity contribution is -0.134. The highest BCUT2D eigenvalue weighted by Crippen LogP contribution is 2.50. The summed E-state index contributed by atoms with van der Waals surface area (Å²) < 4.78 is 2.89. The van der Waals surface area contributed by atoms with Crippen molar-refractivity contribution in [3.05, 3.63) is 52.3 Å². The number of rotatable bonds is 2. The Hall–Kier alpha value is -3.60. The number of likely N-dealkylation sites (tertiary alicyclic amines) is 1. The van der Waals surface area contributed by atoms with E-state index >= 15 is 0 Å². The zero-order chi connectivity index (χ0) is 19.9. The largest absolute Gasteiger partial charge is 0.493 e. The number of imidazole rings is 1. The van der Waals surface area contributed by atoms with Gasteiger partial charge in [-0.2, -0.15) is 5.26 Å². The van der Waals surface area contributed by atoms with Crippen molar-refractivity contribution in [2.24, 2.45) is 5.92 Å². The molecule has 2 fully saturated rings. The molecule has 1 N–H and O–H groups in total. The number of aromatic hydroxyl groups is 1. The van der Waals surface area contributed by atoms with E-state index in [0.717, 1.165) is 12.8 Å². The molecule has 2 aromatic heterocycles. The number of carbonyl (C=O) groups is 1. The number of nitrogens with zero attached hydrogens (tertiary/aromatic N) is 5. The molecule has 0 unspecified atom stereocenters. The van der Waals surface area contributed by atoms with Crippen molar-refractivity contribution in [3.8, 4) is 17.6 Å². The summed E-state index contributed by atoms with van der Waals surface area (Å²) in [6, 6.07) is 8.89. The highest BCUT2D eigenvalue weighted by atomic mass is 16.3. The van der Waals surface area contributed by atoms with Gasteiger partial charge in [-0.15, -0.1) is 0 Å². The van der Waals surface area contributed by atoms with Crippen LogP contribution in [0.4, 0.5) is 0 Å². The van der Waals surface area contributed by atoms with Crippen molar-refractivity contribution in [1.29, 1.82) is 5.26 Å². The summed E-state index contributed by atoms with van der Waals surface area (Å²) in [7, 11) is 0. The van der Waals surface area contributed by atoms with Crippen LogP contribution in [-0.2, 0) is 4.79 Å². The van der Waals surface area contributed by atoms with Gasteiger partial charge < -0.3 is 10.0 Å². The summed E-state index contributed by atoms with van der Waals surface area (Å²) in [6.07, 6.45) is 3.97. The van der Waals surface area contributed by atoms with Crippen LogP contribution in [0.1, 0.15) is 42.7 Å². The smallest absolute Gasteiger partial charge is 0.336 e. The molecule has 29 heavy (non-hydrogen) atoms. The van der Waals surface area contributed by atoms with Crippen molar-refractivity contribution in [2.45, 2.75) is 31.3 Å². The fraction of sp³-hybridized carbons (Fsp3) is 0.333. The van der Waals surface area contributed by atoms with E-state index in [0.29, 0.717) is 35.1 Å². The molecule has 1 aromatic carbocycles. The Bertz CT molecular complexity index is 1310. The number of pyridine rings is 1. The first-order chi connectivity index (χ1) is 14.1. The Morgan fingerprint density at radius 2 is 2.00 bits per heavy atom. The van der Waals surface area contributed by atoms with Gasteiger partial charge in [-0.05, 0) is 19.3 Å². The van der Waals surface area contributed by atoms with Crippen LogP contribution in [0.3, 0.4) is 0 Å². The van der Waals surface area contributed by atoms with Crippen molar-refractivity contribution in [1.82, 2.24) is 19.0 Å². The minimum Gasteiger partial charge on any atom is -0.493 e. The maximum Gasteiger partial charge on any atom is 0.336 e. The summed E-state index contributed by atoms with van der Waals surface area (Å²) in [5, 5.41) is 21.7. The van der Waals surface area contributed by atoms with Crippen molar-refractivity contribution < 1.29 is 9.90 Å². The molecular weight excluding hydrogens is 370 g/mol. The third kappa shape index (κ3) is 2.04. The van der Waals surface area contributed by atoms with E-state index in [9.17, 15) is 20.0 Å². The number of nitriles is 1. The van der Waals surface area contributed by atoms with E-state index < -0.39 is 0 Å². The maximum atomic E-state index is 13.3. The first-order valence-corrected chi connectivity index (χ1v) is 9.75.